The van der Waals surface area contributed by atoms with E-state index in [0.29, 0.717) is 35.1 Å². The number of aromatic nitrogens is 2. The van der Waals surface area contributed by atoms with E-state index in [1.165, 1.54) is 38.5 Å². The first-order chi connectivity index (χ1) is 14.9. The lowest BCUT2D eigenvalue weighted by Gasteiger charge is -2.12. The topological polar surface area (TPSA) is 95.7 Å². The molecular formula is C23H25N3O5. The Labute approximate surface area is 180 Å². The molecule has 0 aliphatic carbocycles. The van der Waals surface area contributed by atoms with Crippen molar-refractivity contribution in [1.29, 1.82) is 0 Å². The molecule has 2 aromatic carbocycles. The molecule has 3 rings (SSSR count). The van der Waals surface area contributed by atoms with Crippen LogP contribution < -0.4 is 19.5 Å². The van der Waals surface area contributed by atoms with Crippen LogP contribution in [-0.2, 0) is 11.2 Å². The van der Waals surface area contributed by atoms with Gasteiger partial charge in [0, 0.05) is 6.08 Å². The molecule has 0 unspecified atom stereocenters. The normalized spacial score (nSPS) is 10.9. The second-order valence-corrected chi connectivity index (χ2v) is 6.88. The Bertz CT molecular complexity index is 1080. The Hall–Kier alpha value is -3.81. The fourth-order valence-corrected chi connectivity index (χ4v) is 2.98. The van der Waals surface area contributed by atoms with Crippen molar-refractivity contribution in [1.82, 2.24) is 10.2 Å². The molecule has 0 bridgehead atoms. The predicted molar refractivity (Wildman–Crippen MR) is 117 cm³/mol. The van der Waals surface area contributed by atoms with Gasteiger partial charge in [0.2, 0.25) is 11.6 Å². The summed E-state index contributed by atoms with van der Waals surface area (Å²) in [7, 11) is 4.59. The fourth-order valence-electron chi connectivity index (χ4n) is 2.98. The van der Waals surface area contributed by atoms with Crippen LogP contribution >= 0.6 is 0 Å². The summed E-state index contributed by atoms with van der Waals surface area (Å²) < 4.78 is 21.5. The zero-order valence-corrected chi connectivity index (χ0v) is 18.2. The Morgan fingerprint density at radius 1 is 1.00 bits per heavy atom. The Morgan fingerprint density at radius 3 is 2.32 bits per heavy atom. The van der Waals surface area contributed by atoms with Gasteiger partial charge >= 0.3 is 6.01 Å². The van der Waals surface area contributed by atoms with Gasteiger partial charge in [0.15, 0.2) is 11.5 Å². The third-order valence-corrected chi connectivity index (χ3v) is 4.74. The molecular weight excluding hydrogens is 398 g/mol. The lowest BCUT2D eigenvalue weighted by Crippen LogP contribution is -2.07. The van der Waals surface area contributed by atoms with E-state index in [9.17, 15) is 4.79 Å². The van der Waals surface area contributed by atoms with Crippen molar-refractivity contribution in [2.24, 2.45) is 0 Å². The van der Waals surface area contributed by atoms with Gasteiger partial charge in [-0.15, -0.1) is 5.10 Å². The van der Waals surface area contributed by atoms with Crippen LogP contribution in [-0.4, -0.2) is 37.4 Å². The van der Waals surface area contributed by atoms with Gasteiger partial charge in [-0.05, 0) is 54.3 Å². The van der Waals surface area contributed by atoms with E-state index in [4.69, 9.17) is 18.6 Å². The van der Waals surface area contributed by atoms with Gasteiger partial charge in [0.25, 0.3) is 5.91 Å². The van der Waals surface area contributed by atoms with Crippen molar-refractivity contribution in [3.63, 3.8) is 0 Å². The molecule has 0 fully saturated rings. The molecule has 0 atom stereocenters. The van der Waals surface area contributed by atoms with E-state index in [-0.39, 0.29) is 6.01 Å². The van der Waals surface area contributed by atoms with Gasteiger partial charge in [0.05, 0.1) is 27.8 Å². The van der Waals surface area contributed by atoms with Crippen LogP contribution in [0.2, 0.25) is 0 Å². The van der Waals surface area contributed by atoms with Crippen LogP contribution in [0.3, 0.4) is 0 Å². The first-order valence-corrected chi connectivity index (χ1v) is 9.61. The molecule has 0 spiro atoms. The molecule has 1 N–H and O–H groups in total. The summed E-state index contributed by atoms with van der Waals surface area (Å²) in [5, 5.41) is 10.4. The first-order valence-electron chi connectivity index (χ1n) is 9.61. The third-order valence-electron chi connectivity index (χ3n) is 4.74. The van der Waals surface area contributed by atoms with Crippen molar-refractivity contribution >= 4 is 18.0 Å². The summed E-state index contributed by atoms with van der Waals surface area (Å²) in [6.45, 7) is 4.11. The molecule has 0 saturated carbocycles. The minimum absolute atomic E-state index is 0.0402. The van der Waals surface area contributed by atoms with E-state index < -0.39 is 5.91 Å². The van der Waals surface area contributed by atoms with Gasteiger partial charge in [-0.1, -0.05) is 23.3 Å². The van der Waals surface area contributed by atoms with Crippen molar-refractivity contribution in [2.45, 2.75) is 20.3 Å². The van der Waals surface area contributed by atoms with E-state index in [0.717, 1.165) is 5.56 Å². The van der Waals surface area contributed by atoms with Crippen molar-refractivity contribution in [2.75, 3.05) is 26.6 Å². The molecule has 0 saturated heterocycles. The quantitative estimate of drug-likeness (QED) is 0.548. The maximum absolute atomic E-state index is 12.3. The second-order valence-electron chi connectivity index (χ2n) is 6.88. The smallest absolute Gasteiger partial charge is 0.322 e. The molecule has 3 aromatic rings. The Balaban J connectivity index is 1.66. The number of aryl methyl sites for hydroxylation is 2. The average molecular weight is 423 g/mol. The summed E-state index contributed by atoms with van der Waals surface area (Å²) in [6, 6.07) is 9.66. The molecule has 162 valence electrons. The molecule has 0 aliphatic heterocycles. The van der Waals surface area contributed by atoms with E-state index in [2.05, 4.69) is 41.5 Å². The molecule has 8 nitrogen and oxygen atoms in total. The molecule has 31 heavy (non-hydrogen) atoms. The number of methoxy groups -OCH3 is 3. The van der Waals surface area contributed by atoms with Crippen LogP contribution in [0.4, 0.5) is 6.01 Å². The number of nitrogens with one attached hydrogen (secondary N) is 1. The van der Waals surface area contributed by atoms with Gasteiger partial charge < -0.3 is 18.6 Å². The van der Waals surface area contributed by atoms with E-state index >= 15 is 0 Å². The summed E-state index contributed by atoms with van der Waals surface area (Å²) >= 11 is 0. The summed E-state index contributed by atoms with van der Waals surface area (Å²) in [5.41, 5.74) is 4.18. The fraction of sp³-hybridized carbons (Fsp3) is 0.261. The molecule has 1 heterocycles. The number of hydrogen-bond donors (Lipinski definition) is 1. The SMILES string of the molecule is COc1cc(/C=C/C(=O)Nc2nnc(Cc3ccc(C)c(C)c3)o2)cc(OC)c1OC. The number of carbonyl (C=O) groups is 1. The van der Waals surface area contributed by atoms with E-state index in [1.807, 2.05) is 6.07 Å². The van der Waals surface area contributed by atoms with Crippen LogP contribution in [0.15, 0.2) is 40.8 Å². The summed E-state index contributed by atoms with van der Waals surface area (Å²) in [6.07, 6.45) is 3.46. The van der Waals surface area contributed by atoms with Crippen molar-refractivity contribution in [3.05, 3.63) is 64.6 Å². The minimum atomic E-state index is -0.407. The minimum Gasteiger partial charge on any atom is -0.493 e. The maximum Gasteiger partial charge on any atom is 0.322 e. The Kier molecular flexibility index (Phi) is 6.92. The highest BCUT2D eigenvalue weighted by Crippen LogP contribution is 2.38. The lowest BCUT2D eigenvalue weighted by atomic mass is 10.0. The van der Waals surface area contributed by atoms with E-state index in [1.54, 1.807) is 18.2 Å². The zero-order valence-electron chi connectivity index (χ0n) is 18.2. The summed E-state index contributed by atoms with van der Waals surface area (Å²) in [4.78, 5) is 12.3. The largest absolute Gasteiger partial charge is 0.493 e. The molecule has 1 amide bonds. The van der Waals surface area contributed by atoms with Gasteiger partial charge in [-0.25, -0.2) is 0 Å². The second kappa shape index (κ2) is 9.80. The number of ether oxygens (including phenoxy) is 3. The highest BCUT2D eigenvalue weighted by atomic mass is 16.5. The molecule has 8 heteroatoms. The third kappa shape index (κ3) is 5.42. The zero-order chi connectivity index (χ0) is 22.4. The number of nitrogens with zero attached hydrogens (tertiary/aromatic N) is 2. The highest BCUT2D eigenvalue weighted by molar-refractivity contribution is 6.00. The standard InChI is InChI=1S/C23H25N3O5/c1-14-6-7-16(10-15(14)2)13-21-25-26-23(31-21)24-20(27)9-8-17-11-18(28-3)22(30-5)19(12-17)29-4/h6-12H,13H2,1-5H3,(H,24,26,27)/b9-8+. The van der Waals surface area contributed by atoms with Crippen LogP contribution in [0.25, 0.3) is 6.08 Å². The first kappa shape index (κ1) is 21.9. The molecule has 0 aliphatic rings. The van der Waals surface area contributed by atoms with Gasteiger partial charge in [-0.3, -0.25) is 10.1 Å². The van der Waals surface area contributed by atoms with Crippen LogP contribution in [0.1, 0.15) is 28.1 Å². The number of carbonyl (C=O) groups excluding carboxylic acids is 1. The average Bonchev–Trinajstić information content (AvgIpc) is 3.20. The van der Waals surface area contributed by atoms with Crippen LogP contribution in [0.5, 0.6) is 17.2 Å². The van der Waals surface area contributed by atoms with Gasteiger partial charge in [-0.2, -0.15) is 0 Å². The monoisotopic (exact) mass is 423 g/mol. The predicted octanol–water partition coefficient (Wildman–Crippen LogP) is 3.95. The molecule has 1 aromatic heterocycles. The van der Waals surface area contributed by atoms with Crippen molar-refractivity contribution < 1.29 is 23.4 Å². The lowest BCUT2D eigenvalue weighted by molar-refractivity contribution is -0.112. The number of benzene rings is 2. The number of amides is 1. The number of rotatable bonds is 8. The number of anilines is 1. The van der Waals surface area contributed by atoms with Crippen molar-refractivity contribution in [3.8, 4) is 17.2 Å². The maximum atomic E-state index is 12.3. The number of hydrogen-bond acceptors (Lipinski definition) is 7. The molecule has 0 radical (unpaired) electrons. The Morgan fingerprint density at radius 2 is 1.71 bits per heavy atom. The highest BCUT2D eigenvalue weighted by Gasteiger charge is 2.13. The van der Waals surface area contributed by atoms with Crippen LogP contribution in [0, 0.1) is 13.8 Å². The summed E-state index contributed by atoms with van der Waals surface area (Å²) in [5.74, 6) is 1.49. The van der Waals surface area contributed by atoms with Gasteiger partial charge in [0.1, 0.15) is 0 Å².